The molecule has 6 heteroatoms. The molecule has 2 heterocycles. The Kier molecular flexibility index (Phi) is 3.53. The van der Waals surface area contributed by atoms with Crippen LogP contribution in [-0.2, 0) is 6.54 Å². The molecule has 0 aliphatic heterocycles. The molecule has 88 valence electrons. The Morgan fingerprint density at radius 3 is 3.06 bits per heavy atom. The van der Waals surface area contributed by atoms with E-state index in [2.05, 4.69) is 31.1 Å². The van der Waals surface area contributed by atoms with Crippen LogP contribution in [-0.4, -0.2) is 33.0 Å². The Morgan fingerprint density at radius 1 is 1.59 bits per heavy atom. The molecule has 0 saturated carbocycles. The van der Waals surface area contributed by atoms with E-state index in [0.717, 1.165) is 5.56 Å². The molecule has 0 unspecified atom stereocenters. The van der Waals surface area contributed by atoms with Crippen molar-refractivity contribution in [3.05, 3.63) is 46.5 Å². The van der Waals surface area contributed by atoms with Crippen molar-refractivity contribution in [2.75, 3.05) is 7.05 Å². The van der Waals surface area contributed by atoms with Gasteiger partial charge in [-0.05, 0) is 28.1 Å². The lowest BCUT2D eigenvalue weighted by Gasteiger charge is -2.16. The first kappa shape index (κ1) is 11.8. The molecule has 0 aliphatic carbocycles. The van der Waals surface area contributed by atoms with E-state index < -0.39 is 0 Å². The number of aromatic nitrogens is 3. The van der Waals surface area contributed by atoms with Gasteiger partial charge in [0, 0.05) is 36.0 Å². The van der Waals surface area contributed by atoms with Crippen LogP contribution in [0.5, 0.6) is 0 Å². The first-order valence-electron chi connectivity index (χ1n) is 5.02. The first-order valence-corrected chi connectivity index (χ1v) is 5.81. The monoisotopic (exact) mass is 294 g/mol. The third-order valence-corrected chi connectivity index (χ3v) is 2.92. The maximum atomic E-state index is 12.1. The number of carbonyl (C=O) groups excluding carboxylic acids is 1. The highest BCUT2D eigenvalue weighted by atomic mass is 79.9. The lowest BCUT2D eigenvalue weighted by Crippen LogP contribution is -2.27. The maximum absolute atomic E-state index is 12.1. The minimum Gasteiger partial charge on any atom is -0.336 e. The van der Waals surface area contributed by atoms with Crippen LogP contribution in [0.1, 0.15) is 16.1 Å². The van der Waals surface area contributed by atoms with Gasteiger partial charge in [0.05, 0.1) is 6.20 Å². The van der Waals surface area contributed by atoms with E-state index in [1.807, 2.05) is 0 Å². The van der Waals surface area contributed by atoms with Crippen molar-refractivity contribution in [2.45, 2.75) is 6.54 Å². The van der Waals surface area contributed by atoms with E-state index in [1.54, 1.807) is 42.7 Å². The lowest BCUT2D eigenvalue weighted by molar-refractivity contribution is 0.0778. The topological polar surface area (TPSA) is 61.9 Å². The minimum atomic E-state index is -0.126. The molecule has 1 amide bonds. The Bertz CT molecular complexity index is 512. The van der Waals surface area contributed by atoms with Crippen molar-refractivity contribution < 1.29 is 4.79 Å². The van der Waals surface area contributed by atoms with Crippen LogP contribution < -0.4 is 0 Å². The number of hydrogen-bond donors (Lipinski definition) is 1. The third-order valence-electron chi connectivity index (χ3n) is 2.28. The fourth-order valence-electron chi connectivity index (χ4n) is 1.43. The smallest absolute Gasteiger partial charge is 0.273 e. The molecular formula is C11H11BrN4O. The number of nitrogens with one attached hydrogen (secondary N) is 1. The minimum absolute atomic E-state index is 0.126. The molecule has 0 aromatic carbocycles. The number of pyridine rings is 1. The Balaban J connectivity index is 2.13. The van der Waals surface area contributed by atoms with Crippen LogP contribution in [0.25, 0.3) is 0 Å². The van der Waals surface area contributed by atoms with Gasteiger partial charge in [0.2, 0.25) is 0 Å². The average molecular weight is 295 g/mol. The molecule has 2 rings (SSSR count). The Hall–Kier alpha value is -1.69. The van der Waals surface area contributed by atoms with Crippen molar-refractivity contribution in [3.8, 4) is 0 Å². The summed E-state index contributed by atoms with van der Waals surface area (Å²) in [5, 5.41) is 6.55. The second-order valence-corrected chi connectivity index (χ2v) is 4.46. The molecule has 0 bridgehead atoms. The molecule has 0 fully saturated rings. The zero-order chi connectivity index (χ0) is 12.3. The summed E-state index contributed by atoms with van der Waals surface area (Å²) in [5.74, 6) is -0.126. The van der Waals surface area contributed by atoms with E-state index in [-0.39, 0.29) is 5.91 Å². The number of hydrogen-bond acceptors (Lipinski definition) is 3. The molecule has 0 saturated heterocycles. The van der Waals surface area contributed by atoms with Gasteiger partial charge in [-0.15, -0.1) is 0 Å². The molecule has 2 aromatic heterocycles. The number of rotatable bonds is 3. The van der Waals surface area contributed by atoms with Gasteiger partial charge in [-0.2, -0.15) is 5.10 Å². The highest BCUT2D eigenvalue weighted by Crippen LogP contribution is 2.15. The molecule has 0 radical (unpaired) electrons. The molecule has 0 aliphatic rings. The van der Waals surface area contributed by atoms with E-state index in [1.165, 1.54) is 0 Å². The standard InChI is InChI=1S/C11H11BrN4O/c1-16(7-8-5-14-15-6-8)11(17)10-9(12)3-2-4-13-10/h2-6H,7H2,1H3,(H,14,15). The van der Waals surface area contributed by atoms with Gasteiger partial charge in [-0.1, -0.05) is 0 Å². The summed E-state index contributed by atoms with van der Waals surface area (Å²) in [6, 6.07) is 3.57. The SMILES string of the molecule is CN(Cc1cn[nH]c1)C(=O)c1ncccc1Br. The van der Waals surface area contributed by atoms with Crippen LogP contribution >= 0.6 is 15.9 Å². The van der Waals surface area contributed by atoms with Crippen LogP contribution in [0.4, 0.5) is 0 Å². The highest BCUT2D eigenvalue weighted by molar-refractivity contribution is 9.10. The van der Waals surface area contributed by atoms with Gasteiger partial charge in [0.1, 0.15) is 5.69 Å². The molecule has 17 heavy (non-hydrogen) atoms. The van der Waals surface area contributed by atoms with Crippen molar-refractivity contribution >= 4 is 21.8 Å². The Morgan fingerprint density at radius 2 is 2.41 bits per heavy atom. The highest BCUT2D eigenvalue weighted by Gasteiger charge is 2.16. The number of halogens is 1. The van der Waals surface area contributed by atoms with E-state index in [9.17, 15) is 4.79 Å². The van der Waals surface area contributed by atoms with Crippen molar-refractivity contribution in [2.24, 2.45) is 0 Å². The van der Waals surface area contributed by atoms with Gasteiger partial charge < -0.3 is 4.90 Å². The van der Waals surface area contributed by atoms with Gasteiger partial charge in [0.15, 0.2) is 0 Å². The number of carbonyl (C=O) groups is 1. The number of nitrogens with zero attached hydrogens (tertiary/aromatic N) is 3. The van der Waals surface area contributed by atoms with E-state index in [4.69, 9.17) is 0 Å². The second kappa shape index (κ2) is 5.09. The molecule has 2 aromatic rings. The summed E-state index contributed by atoms with van der Waals surface area (Å²) in [6.07, 6.45) is 5.05. The summed E-state index contributed by atoms with van der Waals surface area (Å²) in [5.41, 5.74) is 1.37. The van der Waals surface area contributed by atoms with Crippen LogP contribution in [0, 0.1) is 0 Å². The summed E-state index contributed by atoms with van der Waals surface area (Å²) in [4.78, 5) is 17.8. The fraction of sp³-hybridized carbons (Fsp3) is 0.182. The molecule has 0 atom stereocenters. The number of amides is 1. The van der Waals surface area contributed by atoms with Gasteiger partial charge in [-0.25, -0.2) is 4.98 Å². The van der Waals surface area contributed by atoms with Crippen molar-refractivity contribution in [3.63, 3.8) is 0 Å². The predicted molar refractivity (Wildman–Crippen MR) is 66.3 cm³/mol. The second-order valence-electron chi connectivity index (χ2n) is 3.60. The summed E-state index contributed by atoms with van der Waals surface area (Å²) in [6.45, 7) is 0.498. The van der Waals surface area contributed by atoms with Crippen molar-refractivity contribution in [1.82, 2.24) is 20.1 Å². The zero-order valence-electron chi connectivity index (χ0n) is 9.22. The first-order chi connectivity index (χ1) is 8.18. The van der Waals surface area contributed by atoms with Crippen LogP contribution in [0.15, 0.2) is 35.2 Å². The predicted octanol–water partition coefficient (Wildman–Crippen LogP) is 1.84. The Labute approximate surface area is 107 Å². The summed E-state index contributed by atoms with van der Waals surface area (Å²) in [7, 11) is 1.73. The third kappa shape index (κ3) is 2.71. The summed E-state index contributed by atoms with van der Waals surface area (Å²) >= 11 is 3.31. The quantitative estimate of drug-likeness (QED) is 0.940. The lowest BCUT2D eigenvalue weighted by atomic mass is 10.3. The van der Waals surface area contributed by atoms with Gasteiger partial charge in [0.25, 0.3) is 5.91 Å². The van der Waals surface area contributed by atoms with Crippen LogP contribution in [0.2, 0.25) is 0 Å². The van der Waals surface area contributed by atoms with Crippen molar-refractivity contribution in [1.29, 1.82) is 0 Å². The molecular weight excluding hydrogens is 284 g/mol. The van der Waals surface area contributed by atoms with Crippen LogP contribution in [0.3, 0.4) is 0 Å². The van der Waals surface area contributed by atoms with Gasteiger partial charge in [-0.3, -0.25) is 9.89 Å². The molecule has 5 nitrogen and oxygen atoms in total. The molecule has 1 N–H and O–H groups in total. The maximum Gasteiger partial charge on any atom is 0.273 e. The fourth-order valence-corrected chi connectivity index (χ4v) is 1.86. The normalized spacial score (nSPS) is 10.2. The van der Waals surface area contributed by atoms with E-state index >= 15 is 0 Å². The molecule has 0 spiro atoms. The number of aromatic amines is 1. The zero-order valence-corrected chi connectivity index (χ0v) is 10.8. The number of H-pyrrole nitrogens is 1. The average Bonchev–Trinajstić information content (AvgIpc) is 2.81. The van der Waals surface area contributed by atoms with Gasteiger partial charge >= 0.3 is 0 Å². The summed E-state index contributed by atoms with van der Waals surface area (Å²) < 4.78 is 0.698. The van der Waals surface area contributed by atoms with E-state index in [0.29, 0.717) is 16.7 Å². The largest absolute Gasteiger partial charge is 0.336 e.